The third-order valence-electron chi connectivity index (χ3n) is 16.6. The summed E-state index contributed by atoms with van der Waals surface area (Å²) in [4.78, 5) is 13.2. The predicted molar refractivity (Wildman–Crippen MR) is 339 cm³/mol. The standard InChI is InChI=1S/C70H131NO10/c1-3-5-7-9-11-13-15-17-19-21-23-25-27-28-29-30-31-32-33-34-35-36-38-39-41-43-45-47-49-51-53-55-57-62(73)65(75)61(60-80-70-68(78)67(77)66(76)64(59-72)81-70)71-69(79)63(74)58-56-54-52-50-48-46-44-42-40-37-26-24-22-20-18-16-14-12-10-8-6-4-2/h24,26,40-43,49,51,61-68,70,72-78H,3-23,25,27-39,44-48,50,52-60H2,1-2H3,(H,71,79)/b26-24-,42-40-,43-41+,51-49+. The zero-order valence-corrected chi connectivity index (χ0v) is 52.5. The highest BCUT2D eigenvalue weighted by atomic mass is 16.7. The fourth-order valence-electron chi connectivity index (χ4n) is 11.0. The van der Waals surface area contributed by atoms with Crippen LogP contribution in [0.25, 0.3) is 0 Å². The van der Waals surface area contributed by atoms with Crippen LogP contribution in [0.1, 0.15) is 322 Å². The van der Waals surface area contributed by atoms with Crippen molar-refractivity contribution in [2.24, 2.45) is 0 Å². The molecule has 1 amide bonds. The van der Waals surface area contributed by atoms with Gasteiger partial charge >= 0.3 is 0 Å². The van der Waals surface area contributed by atoms with Gasteiger partial charge in [0.05, 0.1) is 25.4 Å². The van der Waals surface area contributed by atoms with Gasteiger partial charge in [0.25, 0.3) is 0 Å². The molecule has 0 saturated carbocycles. The van der Waals surface area contributed by atoms with Gasteiger partial charge in [-0.1, -0.05) is 287 Å². The first kappa shape index (κ1) is 77.1. The largest absolute Gasteiger partial charge is 0.394 e. The average Bonchev–Trinajstić information content (AvgIpc) is 3.49. The molecule has 0 spiro atoms. The molecule has 11 heteroatoms. The summed E-state index contributed by atoms with van der Waals surface area (Å²) in [5, 5.41) is 76.4. The molecule has 1 rings (SSSR count). The Morgan fingerprint density at radius 2 is 0.778 bits per heavy atom. The predicted octanol–water partition coefficient (Wildman–Crippen LogP) is 16.4. The number of hydrogen-bond acceptors (Lipinski definition) is 10. The fourth-order valence-corrected chi connectivity index (χ4v) is 11.0. The van der Waals surface area contributed by atoms with E-state index in [0.29, 0.717) is 19.3 Å². The zero-order chi connectivity index (χ0) is 58.9. The van der Waals surface area contributed by atoms with Gasteiger partial charge in [0.1, 0.15) is 36.6 Å². The van der Waals surface area contributed by atoms with Crippen LogP contribution in [0, 0.1) is 0 Å². The maximum atomic E-state index is 13.2. The fraction of sp³-hybridized carbons (Fsp3) is 0.871. The van der Waals surface area contributed by atoms with Crippen molar-refractivity contribution in [3.63, 3.8) is 0 Å². The van der Waals surface area contributed by atoms with Crippen LogP contribution in [0.3, 0.4) is 0 Å². The highest BCUT2D eigenvalue weighted by Crippen LogP contribution is 2.24. The van der Waals surface area contributed by atoms with Crippen LogP contribution < -0.4 is 5.32 Å². The van der Waals surface area contributed by atoms with Gasteiger partial charge in [-0.25, -0.2) is 0 Å². The van der Waals surface area contributed by atoms with Gasteiger partial charge in [-0.3, -0.25) is 4.79 Å². The summed E-state index contributed by atoms with van der Waals surface area (Å²) < 4.78 is 11.2. The molecule has 476 valence electrons. The van der Waals surface area contributed by atoms with Gasteiger partial charge < -0.3 is 50.5 Å². The van der Waals surface area contributed by atoms with Gasteiger partial charge in [0, 0.05) is 0 Å². The van der Waals surface area contributed by atoms with Crippen LogP contribution >= 0.6 is 0 Å². The van der Waals surface area contributed by atoms with E-state index in [0.717, 1.165) is 64.2 Å². The van der Waals surface area contributed by atoms with E-state index in [1.807, 2.05) is 0 Å². The molecule has 0 aromatic carbocycles. The molecule has 11 nitrogen and oxygen atoms in total. The summed E-state index contributed by atoms with van der Waals surface area (Å²) in [6.07, 6.45) is 64.8. The van der Waals surface area contributed by atoms with E-state index in [1.54, 1.807) is 0 Å². The molecule has 1 fully saturated rings. The molecule has 9 atom stereocenters. The number of ether oxygens (including phenoxy) is 2. The minimum Gasteiger partial charge on any atom is -0.394 e. The number of amides is 1. The molecule has 9 unspecified atom stereocenters. The summed E-state index contributed by atoms with van der Waals surface area (Å²) in [6.45, 7) is 3.47. The first-order chi connectivity index (χ1) is 39.7. The molecule has 1 saturated heterocycles. The Morgan fingerprint density at radius 3 is 1.17 bits per heavy atom. The van der Waals surface area contributed by atoms with Crippen molar-refractivity contribution in [3.8, 4) is 0 Å². The molecular formula is C70H131NO10. The van der Waals surface area contributed by atoms with Gasteiger partial charge in [-0.15, -0.1) is 0 Å². The topological polar surface area (TPSA) is 189 Å². The quantitative estimate of drug-likeness (QED) is 0.0215. The van der Waals surface area contributed by atoms with Crippen LogP contribution in [0.5, 0.6) is 0 Å². The number of hydrogen-bond donors (Lipinski definition) is 8. The van der Waals surface area contributed by atoms with Gasteiger partial charge in [0.15, 0.2) is 6.29 Å². The van der Waals surface area contributed by atoms with Gasteiger partial charge in [-0.2, -0.15) is 0 Å². The summed E-state index contributed by atoms with van der Waals surface area (Å²) >= 11 is 0. The maximum Gasteiger partial charge on any atom is 0.249 e. The molecule has 81 heavy (non-hydrogen) atoms. The lowest BCUT2D eigenvalue weighted by molar-refractivity contribution is -0.303. The van der Waals surface area contributed by atoms with Crippen molar-refractivity contribution in [2.75, 3.05) is 13.2 Å². The molecule has 0 aromatic heterocycles. The smallest absolute Gasteiger partial charge is 0.249 e. The first-order valence-electron chi connectivity index (χ1n) is 34.5. The van der Waals surface area contributed by atoms with Crippen molar-refractivity contribution >= 4 is 5.91 Å². The number of aliphatic hydroxyl groups excluding tert-OH is 7. The lowest BCUT2D eigenvalue weighted by atomic mass is 9.98. The van der Waals surface area contributed by atoms with Crippen LogP contribution in [0.15, 0.2) is 48.6 Å². The molecule has 0 aromatic rings. The third kappa shape index (κ3) is 46.0. The Morgan fingerprint density at radius 1 is 0.432 bits per heavy atom. The van der Waals surface area contributed by atoms with Crippen LogP contribution in [-0.4, -0.2) is 110 Å². The highest BCUT2D eigenvalue weighted by Gasteiger charge is 2.44. The Hall–Kier alpha value is -1.93. The number of nitrogens with one attached hydrogen (secondary N) is 1. The van der Waals surface area contributed by atoms with E-state index in [9.17, 15) is 40.5 Å². The maximum absolute atomic E-state index is 13.2. The van der Waals surface area contributed by atoms with E-state index < -0.39 is 74.2 Å². The molecular weight excluding hydrogens is 1010 g/mol. The molecule has 0 bridgehead atoms. The molecule has 8 N–H and O–H groups in total. The van der Waals surface area contributed by atoms with E-state index in [2.05, 4.69) is 67.8 Å². The van der Waals surface area contributed by atoms with Crippen molar-refractivity contribution in [1.82, 2.24) is 5.32 Å². The Balaban J connectivity index is 2.24. The number of allylic oxidation sites excluding steroid dienone is 8. The Kier molecular flexibility index (Phi) is 55.6. The molecule has 0 radical (unpaired) electrons. The monoisotopic (exact) mass is 1150 g/mol. The van der Waals surface area contributed by atoms with Crippen molar-refractivity contribution in [1.29, 1.82) is 0 Å². The number of unbranched alkanes of at least 4 members (excludes halogenated alkanes) is 40. The number of carbonyl (C=O) groups excluding carboxylic acids is 1. The normalized spacial score (nSPS) is 19.4. The highest BCUT2D eigenvalue weighted by molar-refractivity contribution is 5.80. The number of carbonyl (C=O) groups is 1. The second-order valence-corrected chi connectivity index (χ2v) is 24.2. The summed E-state index contributed by atoms with van der Waals surface area (Å²) in [5.41, 5.74) is 0. The second kappa shape index (κ2) is 58.5. The van der Waals surface area contributed by atoms with E-state index in [1.165, 1.54) is 212 Å². The third-order valence-corrected chi connectivity index (χ3v) is 16.6. The van der Waals surface area contributed by atoms with Crippen molar-refractivity contribution in [3.05, 3.63) is 48.6 Å². The Bertz CT molecular complexity index is 1460. The van der Waals surface area contributed by atoms with E-state index in [4.69, 9.17) is 9.47 Å². The number of rotatable bonds is 60. The minimum atomic E-state index is -1.68. The second-order valence-electron chi connectivity index (χ2n) is 24.2. The SMILES string of the molecule is CCCCCCCCCCC/C=C\C/C=C\CCCCCCCCC(O)C(=O)NC(COC1OC(CO)C(O)C(O)C1O)C(O)C(O)CCC/C=C/CC/C=C/CCCCCCCCCCCCCCCCCCCCCCCCC. The molecule has 0 aliphatic carbocycles. The van der Waals surface area contributed by atoms with Crippen molar-refractivity contribution < 1.29 is 50.0 Å². The number of aliphatic hydroxyl groups is 7. The summed E-state index contributed by atoms with van der Waals surface area (Å²) in [6, 6.07) is -1.20. The zero-order valence-electron chi connectivity index (χ0n) is 52.5. The van der Waals surface area contributed by atoms with Gasteiger partial charge in [-0.05, 0) is 83.5 Å². The Labute approximate surface area is 498 Å². The first-order valence-corrected chi connectivity index (χ1v) is 34.5. The lowest BCUT2D eigenvalue weighted by Crippen LogP contribution is -2.60. The van der Waals surface area contributed by atoms with Crippen LogP contribution in [0.4, 0.5) is 0 Å². The summed E-state index contributed by atoms with van der Waals surface area (Å²) in [5.74, 6) is -0.716. The minimum absolute atomic E-state index is 0.238. The lowest BCUT2D eigenvalue weighted by Gasteiger charge is -2.40. The van der Waals surface area contributed by atoms with Gasteiger partial charge in [0.2, 0.25) is 5.91 Å². The van der Waals surface area contributed by atoms with Crippen molar-refractivity contribution in [2.45, 2.75) is 377 Å². The molecule has 1 aliphatic rings. The van der Waals surface area contributed by atoms with Crippen LogP contribution in [-0.2, 0) is 14.3 Å². The van der Waals surface area contributed by atoms with E-state index >= 15 is 0 Å². The molecule has 1 heterocycles. The average molecular weight is 1150 g/mol. The summed E-state index contributed by atoms with van der Waals surface area (Å²) in [7, 11) is 0. The van der Waals surface area contributed by atoms with E-state index in [-0.39, 0.29) is 12.8 Å². The molecule has 1 aliphatic heterocycles. The van der Waals surface area contributed by atoms with Crippen LogP contribution in [0.2, 0.25) is 0 Å².